The molecule has 2 rings (SSSR count). The van der Waals surface area contributed by atoms with Crippen LogP contribution in [-0.4, -0.2) is 76.4 Å². The fraction of sp³-hybridized carbons (Fsp3) is 0.760. The highest BCUT2D eigenvalue weighted by Gasteiger charge is 2.36. The van der Waals surface area contributed by atoms with Crippen molar-refractivity contribution in [3.05, 3.63) is 16.1 Å². The number of hydrogen-bond acceptors (Lipinski definition) is 7. The summed E-state index contributed by atoms with van der Waals surface area (Å²) in [6, 6.07) is -1.10. The second-order valence-corrected chi connectivity index (χ2v) is 10.7. The number of rotatable bonds is 13. The molecule has 34 heavy (non-hydrogen) atoms. The number of amides is 2. The van der Waals surface area contributed by atoms with Crippen LogP contribution in [0.5, 0.6) is 0 Å². The summed E-state index contributed by atoms with van der Waals surface area (Å²) < 4.78 is 0. The maximum atomic E-state index is 13.7. The number of aryl methyl sites for hydroxylation is 1. The Morgan fingerprint density at radius 1 is 1.35 bits per heavy atom. The highest BCUT2D eigenvalue weighted by molar-refractivity contribution is 7.09. The molecule has 2 heterocycles. The molecule has 2 N–H and O–H groups in total. The second-order valence-electron chi connectivity index (χ2n) is 9.77. The first-order chi connectivity index (χ1) is 16.2. The molecule has 192 valence electrons. The minimum Gasteiger partial charge on any atom is -0.376 e. The number of piperidine rings is 1. The first-order valence-electron chi connectivity index (χ1n) is 12.5. The van der Waals surface area contributed by atoms with Gasteiger partial charge in [0.25, 0.3) is 0 Å². The van der Waals surface area contributed by atoms with Gasteiger partial charge in [-0.2, -0.15) is 0 Å². The van der Waals surface area contributed by atoms with Gasteiger partial charge in [-0.1, -0.05) is 40.5 Å². The summed E-state index contributed by atoms with van der Waals surface area (Å²) in [6.45, 7) is 8.53. The normalized spacial score (nSPS) is 19.4. The quantitative estimate of drug-likeness (QED) is 0.323. The summed E-state index contributed by atoms with van der Waals surface area (Å²) in [7, 11) is 1.96. The van der Waals surface area contributed by atoms with E-state index in [0.717, 1.165) is 49.2 Å². The van der Waals surface area contributed by atoms with Gasteiger partial charge in [0.15, 0.2) is 0 Å². The molecule has 0 radical (unpaired) electrons. The molecule has 0 spiro atoms. The number of likely N-dealkylation sites (N-methyl/N-ethyl adjacent to an activating group) is 1. The van der Waals surface area contributed by atoms with Gasteiger partial charge in [0, 0.05) is 24.3 Å². The van der Waals surface area contributed by atoms with E-state index in [1.807, 2.05) is 40.1 Å². The molecule has 1 aliphatic rings. The van der Waals surface area contributed by atoms with E-state index in [9.17, 15) is 19.5 Å². The largest absolute Gasteiger partial charge is 0.376 e. The van der Waals surface area contributed by atoms with E-state index in [0.29, 0.717) is 19.3 Å². The van der Waals surface area contributed by atoms with Gasteiger partial charge in [0.05, 0.1) is 16.7 Å². The van der Waals surface area contributed by atoms with Crippen LogP contribution in [0.3, 0.4) is 0 Å². The molecule has 0 saturated carbocycles. The van der Waals surface area contributed by atoms with E-state index in [4.69, 9.17) is 0 Å². The SMILES string of the molecule is CCC(C)[C@H](NC(=O)C1CCCCN1C)C(=O)N(CO)[C@H](CCc1nc(CC=O)cs1)C(C)C. The average Bonchev–Trinajstić information content (AvgIpc) is 3.26. The highest BCUT2D eigenvalue weighted by atomic mass is 32.1. The highest BCUT2D eigenvalue weighted by Crippen LogP contribution is 2.23. The van der Waals surface area contributed by atoms with Crippen molar-refractivity contribution >= 4 is 29.4 Å². The lowest BCUT2D eigenvalue weighted by Crippen LogP contribution is -2.58. The number of carbonyl (C=O) groups is 3. The van der Waals surface area contributed by atoms with E-state index in [1.165, 1.54) is 16.2 Å². The second kappa shape index (κ2) is 13.9. The van der Waals surface area contributed by atoms with Crippen molar-refractivity contribution in [3.63, 3.8) is 0 Å². The minimum absolute atomic E-state index is 0.0583. The molecule has 2 amide bonds. The minimum atomic E-state index is -0.680. The van der Waals surface area contributed by atoms with Crippen molar-refractivity contribution in [1.29, 1.82) is 0 Å². The van der Waals surface area contributed by atoms with E-state index in [2.05, 4.69) is 15.2 Å². The lowest BCUT2D eigenvalue weighted by Gasteiger charge is -2.38. The smallest absolute Gasteiger partial charge is 0.247 e. The Labute approximate surface area is 208 Å². The average molecular weight is 495 g/mol. The van der Waals surface area contributed by atoms with Crippen LogP contribution in [0.15, 0.2) is 5.38 Å². The molecule has 1 aromatic rings. The third-order valence-electron chi connectivity index (χ3n) is 7.00. The zero-order valence-electron chi connectivity index (χ0n) is 21.3. The summed E-state index contributed by atoms with van der Waals surface area (Å²) in [6.07, 6.45) is 6.07. The Bertz CT molecular complexity index is 800. The molecule has 4 atom stereocenters. The number of carbonyl (C=O) groups excluding carboxylic acids is 3. The standard InChI is InChI=1S/C25H42N4O4S/c1-6-18(4)23(27-24(32)21-9-7-8-13-28(21)5)25(33)29(16-31)20(17(2)3)10-11-22-26-19(12-14-30)15-34-22/h14-15,17-18,20-21,23,31H,6-13,16H2,1-5H3,(H,27,32)/t18?,20-,21?,23+/m1/s1. The van der Waals surface area contributed by atoms with Gasteiger partial charge < -0.3 is 20.1 Å². The lowest BCUT2D eigenvalue weighted by molar-refractivity contribution is -0.146. The van der Waals surface area contributed by atoms with Crippen molar-refractivity contribution < 1.29 is 19.5 Å². The van der Waals surface area contributed by atoms with E-state index < -0.39 is 12.8 Å². The molecule has 2 unspecified atom stereocenters. The van der Waals surface area contributed by atoms with Gasteiger partial charge in [-0.15, -0.1) is 11.3 Å². The van der Waals surface area contributed by atoms with Crippen molar-refractivity contribution in [1.82, 2.24) is 20.1 Å². The molecule has 0 bridgehead atoms. The Balaban J connectivity index is 2.15. The predicted octanol–water partition coefficient (Wildman–Crippen LogP) is 2.64. The number of hydrogen-bond donors (Lipinski definition) is 2. The zero-order valence-corrected chi connectivity index (χ0v) is 22.1. The fourth-order valence-electron chi connectivity index (χ4n) is 4.62. The maximum absolute atomic E-state index is 13.7. The van der Waals surface area contributed by atoms with Crippen LogP contribution in [0.4, 0.5) is 0 Å². The molecule has 1 fully saturated rings. The van der Waals surface area contributed by atoms with Crippen molar-refractivity contribution in [3.8, 4) is 0 Å². The molecule has 8 nitrogen and oxygen atoms in total. The van der Waals surface area contributed by atoms with Gasteiger partial charge in [0.2, 0.25) is 11.8 Å². The Hall–Kier alpha value is -1.84. The van der Waals surface area contributed by atoms with Crippen LogP contribution < -0.4 is 5.32 Å². The molecule has 0 aromatic carbocycles. The Morgan fingerprint density at radius 2 is 2.09 bits per heavy atom. The van der Waals surface area contributed by atoms with Crippen molar-refractivity contribution in [2.45, 2.75) is 90.8 Å². The summed E-state index contributed by atoms with van der Waals surface area (Å²) in [5.74, 6) is -0.284. The van der Waals surface area contributed by atoms with Gasteiger partial charge in [-0.25, -0.2) is 4.98 Å². The number of aromatic nitrogens is 1. The van der Waals surface area contributed by atoms with Crippen LogP contribution in [0.1, 0.15) is 70.5 Å². The van der Waals surface area contributed by atoms with Gasteiger partial charge in [-0.05, 0) is 44.7 Å². The predicted molar refractivity (Wildman–Crippen MR) is 134 cm³/mol. The third-order valence-corrected chi connectivity index (χ3v) is 7.96. The molecule has 1 aliphatic heterocycles. The molecule has 0 aliphatic carbocycles. The topological polar surface area (TPSA) is 103 Å². The van der Waals surface area contributed by atoms with Crippen molar-refractivity contribution in [2.24, 2.45) is 11.8 Å². The van der Waals surface area contributed by atoms with Crippen LogP contribution in [0, 0.1) is 11.8 Å². The Morgan fingerprint density at radius 3 is 2.68 bits per heavy atom. The van der Waals surface area contributed by atoms with E-state index in [-0.39, 0.29) is 35.7 Å². The maximum Gasteiger partial charge on any atom is 0.247 e. The summed E-state index contributed by atoms with van der Waals surface area (Å²) >= 11 is 1.51. The monoisotopic (exact) mass is 494 g/mol. The van der Waals surface area contributed by atoms with Gasteiger partial charge in [0.1, 0.15) is 19.1 Å². The third kappa shape index (κ3) is 7.58. The summed E-state index contributed by atoms with van der Waals surface area (Å²) in [5, 5.41) is 16.1. The Kier molecular flexibility index (Phi) is 11.6. The molecular weight excluding hydrogens is 452 g/mol. The first kappa shape index (κ1) is 28.4. The number of nitrogens with zero attached hydrogens (tertiary/aromatic N) is 3. The molecule has 9 heteroatoms. The lowest BCUT2D eigenvalue weighted by atomic mass is 9.93. The van der Waals surface area contributed by atoms with Crippen LogP contribution in [0.25, 0.3) is 0 Å². The van der Waals surface area contributed by atoms with Crippen LogP contribution in [0.2, 0.25) is 0 Å². The summed E-state index contributed by atoms with van der Waals surface area (Å²) in [4.78, 5) is 45.6. The number of thiazole rings is 1. The molecule has 1 aromatic heterocycles. The number of aldehydes is 1. The fourth-order valence-corrected chi connectivity index (χ4v) is 5.45. The van der Waals surface area contributed by atoms with Crippen LogP contribution in [-0.2, 0) is 27.2 Å². The number of nitrogens with one attached hydrogen (secondary N) is 1. The van der Waals surface area contributed by atoms with E-state index >= 15 is 0 Å². The van der Waals surface area contributed by atoms with Crippen molar-refractivity contribution in [2.75, 3.05) is 20.3 Å². The molecular formula is C25H42N4O4S. The van der Waals surface area contributed by atoms with Crippen LogP contribution >= 0.6 is 11.3 Å². The van der Waals surface area contributed by atoms with Gasteiger partial charge in [-0.3, -0.25) is 14.5 Å². The zero-order chi connectivity index (χ0) is 25.3. The number of likely N-dealkylation sites (tertiary alicyclic amines) is 1. The number of aliphatic hydroxyl groups excluding tert-OH is 1. The number of aliphatic hydroxyl groups is 1. The van der Waals surface area contributed by atoms with Gasteiger partial charge >= 0.3 is 0 Å². The first-order valence-corrected chi connectivity index (χ1v) is 13.4. The molecule has 1 saturated heterocycles. The summed E-state index contributed by atoms with van der Waals surface area (Å²) in [5.41, 5.74) is 0.762. The van der Waals surface area contributed by atoms with E-state index in [1.54, 1.807) is 0 Å².